The fourth-order valence-electron chi connectivity index (χ4n) is 3.97. The Morgan fingerprint density at radius 2 is 1.61 bits per heavy atom. The maximum absolute atomic E-state index is 12.7. The molecule has 3 N–H and O–H groups in total. The van der Waals surface area contributed by atoms with Crippen LogP contribution in [0.15, 0.2) is 48.5 Å². The highest BCUT2D eigenvalue weighted by Gasteiger charge is 2.31. The summed E-state index contributed by atoms with van der Waals surface area (Å²) in [5.41, 5.74) is 3.41. The van der Waals surface area contributed by atoms with E-state index in [2.05, 4.69) is 22.8 Å². The molecule has 0 spiro atoms. The van der Waals surface area contributed by atoms with Gasteiger partial charge in [0.15, 0.2) is 0 Å². The van der Waals surface area contributed by atoms with Gasteiger partial charge in [0.25, 0.3) is 0 Å². The van der Waals surface area contributed by atoms with E-state index in [0.717, 1.165) is 35.1 Å². The van der Waals surface area contributed by atoms with E-state index in [4.69, 9.17) is 4.74 Å². The largest absolute Gasteiger partial charge is 0.481 e. The molecule has 2 amide bonds. The van der Waals surface area contributed by atoms with Crippen molar-refractivity contribution >= 4 is 18.0 Å². The third-order valence-corrected chi connectivity index (χ3v) is 6.08. The van der Waals surface area contributed by atoms with Crippen LogP contribution in [0.1, 0.15) is 57.1 Å². The lowest BCUT2D eigenvalue weighted by molar-refractivity contribution is -0.146. The van der Waals surface area contributed by atoms with Gasteiger partial charge in [0.2, 0.25) is 5.91 Å². The summed E-state index contributed by atoms with van der Waals surface area (Å²) in [6.07, 6.45) is 1.38. The second kappa shape index (κ2) is 10.5. The first-order chi connectivity index (χ1) is 15.7. The van der Waals surface area contributed by atoms with Crippen molar-refractivity contribution in [1.82, 2.24) is 10.6 Å². The normalized spacial score (nSPS) is 13.5. The molecule has 2 aromatic rings. The zero-order valence-corrected chi connectivity index (χ0v) is 19.4. The number of carbonyl (C=O) groups is 3. The standard InChI is InChI=1S/C26H32N2O5/c1-4-5-14-22(23(29)27-16-26(2,3)24(30)31)28-25(32)33-15-21-19-12-8-6-10-17(19)18-11-7-9-13-20(18)21/h6-13,21-22H,4-5,14-16H2,1-3H3,(H,27,29)(H,28,32)(H,30,31)/t22-/m0/s1. The quantitative estimate of drug-likeness (QED) is 0.498. The molecule has 33 heavy (non-hydrogen) atoms. The molecule has 2 aromatic carbocycles. The van der Waals surface area contributed by atoms with Crippen LogP contribution in [0.2, 0.25) is 0 Å². The molecule has 7 nitrogen and oxygen atoms in total. The summed E-state index contributed by atoms with van der Waals surface area (Å²) in [5.74, 6) is -1.48. The minimum atomic E-state index is -1.10. The Morgan fingerprint density at radius 3 is 2.15 bits per heavy atom. The number of carboxylic acid groups (broad SMARTS) is 1. The highest BCUT2D eigenvalue weighted by atomic mass is 16.5. The van der Waals surface area contributed by atoms with Crippen LogP contribution in [-0.2, 0) is 14.3 Å². The fourth-order valence-corrected chi connectivity index (χ4v) is 3.97. The van der Waals surface area contributed by atoms with Gasteiger partial charge in [-0.2, -0.15) is 0 Å². The summed E-state index contributed by atoms with van der Waals surface area (Å²) >= 11 is 0. The van der Waals surface area contributed by atoms with Crippen LogP contribution in [0, 0.1) is 5.41 Å². The molecule has 0 saturated heterocycles. The van der Waals surface area contributed by atoms with Gasteiger partial charge >= 0.3 is 12.1 Å². The summed E-state index contributed by atoms with van der Waals surface area (Å²) in [7, 11) is 0. The summed E-state index contributed by atoms with van der Waals surface area (Å²) in [4.78, 5) is 36.6. The second-order valence-electron chi connectivity index (χ2n) is 9.07. The predicted molar refractivity (Wildman–Crippen MR) is 126 cm³/mol. The molecule has 0 bridgehead atoms. The highest BCUT2D eigenvalue weighted by Crippen LogP contribution is 2.44. The van der Waals surface area contributed by atoms with Crippen LogP contribution >= 0.6 is 0 Å². The van der Waals surface area contributed by atoms with Crippen LogP contribution in [0.4, 0.5) is 4.79 Å². The average molecular weight is 453 g/mol. The number of unbranched alkanes of at least 4 members (excludes halogenated alkanes) is 1. The Hall–Kier alpha value is -3.35. The van der Waals surface area contributed by atoms with Gasteiger partial charge in [-0.15, -0.1) is 0 Å². The lowest BCUT2D eigenvalue weighted by Gasteiger charge is -2.23. The van der Waals surface area contributed by atoms with Crippen molar-refractivity contribution in [2.24, 2.45) is 5.41 Å². The topological polar surface area (TPSA) is 105 Å². The molecule has 1 aliphatic rings. The molecule has 176 valence electrons. The third kappa shape index (κ3) is 5.72. The molecule has 0 aromatic heterocycles. The van der Waals surface area contributed by atoms with E-state index in [-0.39, 0.29) is 19.1 Å². The number of carboxylic acids is 1. The molecule has 1 atom stereocenters. The maximum Gasteiger partial charge on any atom is 0.407 e. The zero-order chi connectivity index (χ0) is 24.0. The van der Waals surface area contributed by atoms with Crippen molar-refractivity contribution in [3.63, 3.8) is 0 Å². The number of hydrogen-bond donors (Lipinski definition) is 3. The average Bonchev–Trinajstić information content (AvgIpc) is 3.12. The third-order valence-electron chi connectivity index (χ3n) is 6.08. The van der Waals surface area contributed by atoms with E-state index in [0.29, 0.717) is 6.42 Å². The lowest BCUT2D eigenvalue weighted by atomic mass is 9.93. The monoisotopic (exact) mass is 452 g/mol. The number of hydrogen-bond acceptors (Lipinski definition) is 4. The number of ether oxygens (including phenoxy) is 1. The van der Waals surface area contributed by atoms with E-state index in [1.54, 1.807) is 0 Å². The summed E-state index contributed by atoms with van der Waals surface area (Å²) in [5, 5.41) is 14.6. The van der Waals surface area contributed by atoms with Gasteiger partial charge in [-0.25, -0.2) is 4.79 Å². The molecule has 0 aliphatic heterocycles. The Bertz CT molecular complexity index is 972. The molecule has 0 fully saturated rings. The van der Waals surface area contributed by atoms with Gasteiger partial charge in [-0.05, 0) is 42.5 Å². The van der Waals surface area contributed by atoms with E-state index in [1.165, 1.54) is 13.8 Å². The molecule has 0 heterocycles. The number of rotatable bonds is 10. The number of amides is 2. The first-order valence-electron chi connectivity index (χ1n) is 11.4. The Balaban J connectivity index is 1.63. The van der Waals surface area contributed by atoms with Crippen molar-refractivity contribution in [1.29, 1.82) is 0 Å². The summed E-state index contributed by atoms with van der Waals surface area (Å²) in [6, 6.07) is 15.4. The van der Waals surface area contributed by atoms with E-state index >= 15 is 0 Å². The molecular formula is C26H32N2O5. The lowest BCUT2D eigenvalue weighted by Crippen LogP contribution is -2.49. The molecular weight excluding hydrogens is 420 g/mol. The van der Waals surface area contributed by atoms with Crippen molar-refractivity contribution in [3.8, 4) is 11.1 Å². The SMILES string of the molecule is CCCC[C@H](NC(=O)OCC1c2ccccc2-c2ccccc21)C(=O)NCC(C)(C)C(=O)O. The van der Waals surface area contributed by atoms with Crippen molar-refractivity contribution in [2.75, 3.05) is 13.2 Å². The zero-order valence-electron chi connectivity index (χ0n) is 19.4. The number of aliphatic carboxylic acids is 1. The van der Waals surface area contributed by atoms with Gasteiger partial charge in [0, 0.05) is 12.5 Å². The molecule has 0 radical (unpaired) electrons. The number of benzene rings is 2. The molecule has 0 unspecified atom stereocenters. The van der Waals surface area contributed by atoms with E-state index < -0.39 is 29.4 Å². The van der Waals surface area contributed by atoms with Gasteiger partial charge < -0.3 is 20.5 Å². The Morgan fingerprint density at radius 1 is 1.03 bits per heavy atom. The predicted octanol–water partition coefficient (Wildman–Crippen LogP) is 4.31. The van der Waals surface area contributed by atoms with Crippen LogP contribution in [0.25, 0.3) is 11.1 Å². The molecule has 7 heteroatoms. The van der Waals surface area contributed by atoms with E-state index in [1.807, 2.05) is 43.3 Å². The number of alkyl carbamates (subject to hydrolysis) is 1. The van der Waals surface area contributed by atoms with E-state index in [9.17, 15) is 19.5 Å². The highest BCUT2D eigenvalue weighted by molar-refractivity contribution is 5.86. The Labute approximate surface area is 194 Å². The minimum Gasteiger partial charge on any atom is -0.481 e. The smallest absolute Gasteiger partial charge is 0.407 e. The van der Waals surface area contributed by atoms with Crippen LogP contribution in [0.5, 0.6) is 0 Å². The first-order valence-corrected chi connectivity index (χ1v) is 11.4. The van der Waals surface area contributed by atoms with Gasteiger partial charge in [0.1, 0.15) is 12.6 Å². The van der Waals surface area contributed by atoms with Gasteiger partial charge in [0.05, 0.1) is 5.41 Å². The second-order valence-corrected chi connectivity index (χ2v) is 9.07. The fraction of sp³-hybridized carbons (Fsp3) is 0.423. The number of carbonyl (C=O) groups excluding carboxylic acids is 2. The minimum absolute atomic E-state index is 0.0316. The number of nitrogens with one attached hydrogen (secondary N) is 2. The Kier molecular flexibility index (Phi) is 7.74. The first kappa shape index (κ1) is 24.3. The van der Waals surface area contributed by atoms with Gasteiger partial charge in [-0.3, -0.25) is 9.59 Å². The summed E-state index contributed by atoms with van der Waals surface area (Å²) in [6.45, 7) is 5.20. The van der Waals surface area contributed by atoms with Gasteiger partial charge in [-0.1, -0.05) is 68.3 Å². The maximum atomic E-state index is 12.7. The molecule has 3 rings (SSSR count). The van der Waals surface area contributed by atoms with Crippen LogP contribution < -0.4 is 10.6 Å². The summed E-state index contributed by atoms with van der Waals surface area (Å²) < 4.78 is 5.56. The molecule has 1 aliphatic carbocycles. The van der Waals surface area contributed by atoms with Crippen LogP contribution in [-0.4, -0.2) is 42.3 Å². The number of fused-ring (bicyclic) bond motifs is 3. The van der Waals surface area contributed by atoms with Crippen molar-refractivity contribution in [2.45, 2.75) is 52.0 Å². The van der Waals surface area contributed by atoms with Crippen molar-refractivity contribution in [3.05, 3.63) is 59.7 Å². The molecule has 0 saturated carbocycles. The van der Waals surface area contributed by atoms with Crippen LogP contribution in [0.3, 0.4) is 0 Å². The van der Waals surface area contributed by atoms with Crippen molar-refractivity contribution < 1.29 is 24.2 Å².